The maximum atomic E-state index is 11.1. The highest BCUT2D eigenvalue weighted by molar-refractivity contribution is 5.81. The van der Waals surface area contributed by atoms with Gasteiger partial charge in [0.2, 0.25) is 5.91 Å². The van der Waals surface area contributed by atoms with Crippen LogP contribution in [0.15, 0.2) is 0 Å². The molecule has 0 bridgehead atoms. The second-order valence-electron chi connectivity index (χ2n) is 2.94. The Morgan fingerprint density at radius 3 is 3.08 bits per heavy atom. The summed E-state index contributed by atoms with van der Waals surface area (Å²) in [6.45, 7) is 1.66. The van der Waals surface area contributed by atoms with Crippen molar-refractivity contribution < 1.29 is 14.7 Å². The molecule has 0 aromatic heterocycles. The summed E-state index contributed by atoms with van der Waals surface area (Å²) in [5.74, 6) is -1.14. The minimum absolute atomic E-state index is 0.143. The van der Waals surface area contributed by atoms with Crippen LogP contribution >= 0.6 is 0 Å². The van der Waals surface area contributed by atoms with Gasteiger partial charge in [0.05, 0.1) is 0 Å². The first-order chi connectivity index (χ1) is 5.59. The summed E-state index contributed by atoms with van der Waals surface area (Å²) in [4.78, 5) is 21.4. The predicted molar refractivity (Wildman–Crippen MR) is 41.2 cm³/mol. The Morgan fingerprint density at radius 1 is 1.83 bits per heavy atom. The largest absolute Gasteiger partial charge is 0.480 e. The van der Waals surface area contributed by atoms with Crippen LogP contribution in [0.1, 0.15) is 19.8 Å². The van der Waals surface area contributed by atoms with E-state index in [9.17, 15) is 9.59 Å². The van der Waals surface area contributed by atoms with Crippen molar-refractivity contribution in [3.63, 3.8) is 0 Å². The number of carboxylic acids is 1. The highest BCUT2D eigenvalue weighted by atomic mass is 16.4. The summed E-state index contributed by atoms with van der Waals surface area (Å²) in [6, 6.07) is 0.182. The van der Waals surface area contributed by atoms with Crippen LogP contribution in [0.2, 0.25) is 0 Å². The Morgan fingerprint density at radius 2 is 2.50 bits per heavy atom. The molecule has 1 rings (SSSR count). The average Bonchev–Trinajstić information content (AvgIpc) is 1.96. The SMILES string of the molecule is CC1CCC(=O)N(CC(=O)O)N1. The van der Waals surface area contributed by atoms with Gasteiger partial charge in [-0.1, -0.05) is 0 Å². The number of hydrogen-bond acceptors (Lipinski definition) is 3. The van der Waals surface area contributed by atoms with Crippen molar-refractivity contribution in [2.75, 3.05) is 6.54 Å². The minimum Gasteiger partial charge on any atom is -0.480 e. The zero-order valence-electron chi connectivity index (χ0n) is 6.91. The first kappa shape index (κ1) is 8.99. The summed E-state index contributed by atoms with van der Waals surface area (Å²) < 4.78 is 0. The van der Waals surface area contributed by atoms with Crippen LogP contribution < -0.4 is 5.43 Å². The molecule has 0 aromatic carbocycles. The molecule has 0 aliphatic carbocycles. The molecule has 1 aliphatic heterocycles. The molecule has 1 aliphatic rings. The van der Waals surface area contributed by atoms with E-state index in [1.54, 1.807) is 0 Å². The molecule has 68 valence electrons. The van der Waals surface area contributed by atoms with E-state index in [-0.39, 0.29) is 18.5 Å². The summed E-state index contributed by atoms with van der Waals surface area (Å²) in [7, 11) is 0. The van der Waals surface area contributed by atoms with Gasteiger partial charge in [0, 0.05) is 12.5 Å². The highest BCUT2D eigenvalue weighted by Crippen LogP contribution is 2.07. The number of hydrazine groups is 1. The standard InChI is InChI=1S/C7H12N2O3/c1-5-2-3-6(10)9(8-5)4-7(11)12/h5,8H,2-4H2,1H3,(H,11,12). The highest BCUT2D eigenvalue weighted by Gasteiger charge is 2.23. The minimum atomic E-state index is -0.995. The number of hydrogen-bond donors (Lipinski definition) is 2. The molecular formula is C7H12N2O3. The fourth-order valence-electron chi connectivity index (χ4n) is 1.15. The second kappa shape index (κ2) is 3.53. The van der Waals surface area contributed by atoms with Gasteiger partial charge in [0.25, 0.3) is 0 Å². The third-order valence-corrected chi connectivity index (χ3v) is 1.76. The van der Waals surface area contributed by atoms with Gasteiger partial charge in [-0.3, -0.25) is 14.6 Å². The molecule has 1 unspecified atom stereocenters. The van der Waals surface area contributed by atoms with Crippen molar-refractivity contribution in [2.24, 2.45) is 0 Å². The molecule has 0 radical (unpaired) electrons. The quantitative estimate of drug-likeness (QED) is 0.594. The fraction of sp³-hybridized carbons (Fsp3) is 0.714. The van der Waals surface area contributed by atoms with E-state index in [0.717, 1.165) is 11.4 Å². The average molecular weight is 172 g/mol. The van der Waals surface area contributed by atoms with Gasteiger partial charge >= 0.3 is 5.97 Å². The molecule has 1 amide bonds. The number of amides is 1. The van der Waals surface area contributed by atoms with Crippen molar-refractivity contribution in [3.8, 4) is 0 Å². The number of nitrogens with zero attached hydrogens (tertiary/aromatic N) is 1. The van der Waals surface area contributed by atoms with E-state index in [4.69, 9.17) is 5.11 Å². The number of aliphatic carboxylic acids is 1. The third-order valence-electron chi connectivity index (χ3n) is 1.76. The molecule has 0 spiro atoms. The van der Waals surface area contributed by atoms with Crippen LogP contribution in [0.25, 0.3) is 0 Å². The van der Waals surface area contributed by atoms with Crippen LogP contribution in [-0.4, -0.2) is 34.6 Å². The van der Waals surface area contributed by atoms with E-state index in [1.807, 2.05) is 6.92 Å². The summed E-state index contributed by atoms with van der Waals surface area (Å²) >= 11 is 0. The van der Waals surface area contributed by atoms with Gasteiger partial charge in [0.15, 0.2) is 0 Å². The van der Waals surface area contributed by atoms with Crippen LogP contribution in [0.3, 0.4) is 0 Å². The lowest BCUT2D eigenvalue weighted by molar-refractivity contribution is -0.149. The molecule has 5 heteroatoms. The second-order valence-corrected chi connectivity index (χ2v) is 2.94. The maximum Gasteiger partial charge on any atom is 0.324 e. The molecule has 0 saturated carbocycles. The Labute approximate surface area is 70.3 Å². The first-order valence-electron chi connectivity index (χ1n) is 3.88. The number of rotatable bonds is 2. The van der Waals surface area contributed by atoms with Crippen LogP contribution in [0.5, 0.6) is 0 Å². The molecule has 1 heterocycles. The van der Waals surface area contributed by atoms with Gasteiger partial charge in [-0.2, -0.15) is 0 Å². The van der Waals surface area contributed by atoms with Gasteiger partial charge in [-0.05, 0) is 13.3 Å². The maximum absolute atomic E-state index is 11.1. The van der Waals surface area contributed by atoms with Crippen LogP contribution in [0.4, 0.5) is 0 Å². The monoisotopic (exact) mass is 172 g/mol. The van der Waals surface area contributed by atoms with E-state index < -0.39 is 5.97 Å². The topological polar surface area (TPSA) is 69.6 Å². The fourth-order valence-corrected chi connectivity index (χ4v) is 1.15. The molecule has 2 N–H and O–H groups in total. The normalized spacial score (nSPS) is 24.2. The lowest BCUT2D eigenvalue weighted by Gasteiger charge is -2.30. The Bertz CT molecular complexity index is 205. The van der Waals surface area contributed by atoms with Crippen molar-refractivity contribution >= 4 is 11.9 Å². The van der Waals surface area contributed by atoms with Gasteiger partial charge in [-0.25, -0.2) is 5.43 Å². The molecule has 5 nitrogen and oxygen atoms in total. The Kier molecular flexibility index (Phi) is 2.65. The van der Waals surface area contributed by atoms with Crippen molar-refractivity contribution in [2.45, 2.75) is 25.8 Å². The zero-order chi connectivity index (χ0) is 9.14. The molecule has 0 aromatic rings. The Hall–Kier alpha value is -1.10. The van der Waals surface area contributed by atoms with Crippen molar-refractivity contribution in [1.29, 1.82) is 0 Å². The number of carbonyl (C=O) groups excluding carboxylic acids is 1. The van der Waals surface area contributed by atoms with Crippen LogP contribution in [0, 0.1) is 0 Å². The van der Waals surface area contributed by atoms with Crippen molar-refractivity contribution in [1.82, 2.24) is 10.4 Å². The smallest absolute Gasteiger partial charge is 0.324 e. The molecule has 1 saturated heterocycles. The third kappa shape index (κ3) is 2.20. The lowest BCUT2D eigenvalue weighted by atomic mass is 10.1. The molecular weight excluding hydrogens is 160 g/mol. The first-order valence-corrected chi connectivity index (χ1v) is 3.88. The van der Waals surface area contributed by atoms with E-state index in [1.165, 1.54) is 0 Å². The molecule has 1 fully saturated rings. The van der Waals surface area contributed by atoms with Crippen molar-refractivity contribution in [3.05, 3.63) is 0 Å². The Balaban J connectivity index is 2.49. The summed E-state index contributed by atoms with van der Waals surface area (Å²) in [6.07, 6.45) is 1.20. The van der Waals surface area contributed by atoms with Crippen LogP contribution in [-0.2, 0) is 9.59 Å². The van der Waals surface area contributed by atoms with Gasteiger partial charge < -0.3 is 5.11 Å². The summed E-state index contributed by atoms with van der Waals surface area (Å²) in [5.41, 5.74) is 2.80. The predicted octanol–water partition coefficient (Wildman–Crippen LogP) is -0.414. The lowest BCUT2D eigenvalue weighted by Crippen LogP contribution is -2.53. The van der Waals surface area contributed by atoms with E-state index in [0.29, 0.717) is 6.42 Å². The number of nitrogens with one attached hydrogen (secondary N) is 1. The summed E-state index contributed by atoms with van der Waals surface area (Å²) in [5, 5.41) is 9.60. The number of carboxylic acid groups (broad SMARTS) is 1. The molecule has 1 atom stereocenters. The van der Waals surface area contributed by atoms with E-state index in [2.05, 4.69) is 5.43 Å². The number of carbonyl (C=O) groups is 2. The van der Waals surface area contributed by atoms with Gasteiger partial charge in [-0.15, -0.1) is 0 Å². The van der Waals surface area contributed by atoms with Gasteiger partial charge in [0.1, 0.15) is 6.54 Å². The molecule has 12 heavy (non-hydrogen) atoms. The zero-order valence-corrected chi connectivity index (χ0v) is 6.91. The van der Waals surface area contributed by atoms with E-state index >= 15 is 0 Å².